The van der Waals surface area contributed by atoms with Gasteiger partial charge in [-0.05, 0) is 23.1 Å². The molecule has 2 rings (SSSR count). The summed E-state index contributed by atoms with van der Waals surface area (Å²) >= 11 is 0. The average molecular weight is 269 g/mol. The first-order valence-electron chi connectivity index (χ1n) is 6.32. The van der Waals surface area contributed by atoms with E-state index in [2.05, 4.69) is 10.1 Å². The highest BCUT2D eigenvalue weighted by Gasteiger charge is 2.24. The number of carbonyl (C=O) groups excluding carboxylic acids is 1. The number of halogens is 2. The third kappa shape index (κ3) is 3.22. The molecule has 1 aliphatic rings. The normalized spacial score (nSPS) is 19.1. The fraction of sp³-hybridized carbons (Fsp3) is 0.500. The second kappa shape index (κ2) is 5.55. The van der Waals surface area contributed by atoms with Crippen LogP contribution in [0, 0.1) is 0 Å². The summed E-state index contributed by atoms with van der Waals surface area (Å²) < 4.78 is 29.2. The van der Waals surface area contributed by atoms with Gasteiger partial charge in [0.1, 0.15) is 5.75 Å². The predicted octanol–water partition coefficient (Wildman–Crippen LogP) is 3.01. The molecule has 5 heteroatoms. The molecule has 1 aromatic rings. The fourth-order valence-electron chi connectivity index (χ4n) is 2.32. The standard InChI is InChI=1S/C14H17F2NO2/c1-8(2)11-5-9(10-6-13(18)17-7-10)3-4-12(11)19-14(15)16/h3-5,8,10,14H,6-7H2,1-2H3,(H,17,18). The number of hydrogen-bond acceptors (Lipinski definition) is 2. The first-order chi connectivity index (χ1) is 8.97. The minimum Gasteiger partial charge on any atom is -0.435 e. The summed E-state index contributed by atoms with van der Waals surface area (Å²) in [5.74, 6) is 0.444. The Morgan fingerprint density at radius 1 is 1.37 bits per heavy atom. The fourth-order valence-corrected chi connectivity index (χ4v) is 2.32. The van der Waals surface area contributed by atoms with E-state index in [1.54, 1.807) is 12.1 Å². The van der Waals surface area contributed by atoms with Gasteiger partial charge in [0, 0.05) is 18.9 Å². The maximum Gasteiger partial charge on any atom is 0.387 e. The van der Waals surface area contributed by atoms with Crippen LogP contribution in [0.1, 0.15) is 43.2 Å². The van der Waals surface area contributed by atoms with Crippen LogP contribution in [-0.4, -0.2) is 19.1 Å². The van der Waals surface area contributed by atoms with Crippen molar-refractivity contribution < 1.29 is 18.3 Å². The van der Waals surface area contributed by atoms with Crippen LogP contribution >= 0.6 is 0 Å². The number of nitrogens with one attached hydrogen (secondary N) is 1. The van der Waals surface area contributed by atoms with Gasteiger partial charge < -0.3 is 10.1 Å². The van der Waals surface area contributed by atoms with E-state index < -0.39 is 6.61 Å². The monoisotopic (exact) mass is 269 g/mol. The predicted molar refractivity (Wildman–Crippen MR) is 67.5 cm³/mol. The number of rotatable bonds is 4. The Morgan fingerprint density at radius 2 is 2.11 bits per heavy atom. The lowest BCUT2D eigenvalue weighted by Crippen LogP contribution is -2.13. The summed E-state index contributed by atoms with van der Waals surface area (Å²) in [4.78, 5) is 11.2. The van der Waals surface area contributed by atoms with Crippen LogP contribution < -0.4 is 10.1 Å². The van der Waals surface area contributed by atoms with Crippen LogP contribution in [0.4, 0.5) is 8.78 Å². The Labute approximate surface area is 111 Å². The van der Waals surface area contributed by atoms with E-state index in [9.17, 15) is 13.6 Å². The van der Waals surface area contributed by atoms with E-state index in [1.165, 1.54) is 0 Å². The van der Waals surface area contributed by atoms with Gasteiger partial charge in [0.25, 0.3) is 0 Å². The van der Waals surface area contributed by atoms with Crippen LogP contribution in [0.25, 0.3) is 0 Å². The molecule has 1 aromatic carbocycles. The maximum atomic E-state index is 12.3. The lowest BCUT2D eigenvalue weighted by atomic mass is 9.92. The van der Waals surface area contributed by atoms with Crippen molar-refractivity contribution in [2.45, 2.75) is 38.7 Å². The van der Waals surface area contributed by atoms with Crippen LogP contribution in [0.5, 0.6) is 5.75 Å². The minimum absolute atomic E-state index is 0.0315. The summed E-state index contributed by atoms with van der Waals surface area (Å²) in [5, 5.41) is 2.77. The van der Waals surface area contributed by atoms with Gasteiger partial charge in [-0.15, -0.1) is 0 Å². The summed E-state index contributed by atoms with van der Waals surface area (Å²) in [6.07, 6.45) is 0.451. The molecule has 0 saturated carbocycles. The molecule has 0 radical (unpaired) electrons. The SMILES string of the molecule is CC(C)c1cc(C2CNC(=O)C2)ccc1OC(F)F. The van der Waals surface area contributed by atoms with Crippen molar-refractivity contribution in [1.82, 2.24) is 5.32 Å². The molecule has 1 unspecified atom stereocenters. The highest BCUT2D eigenvalue weighted by molar-refractivity contribution is 5.79. The summed E-state index contributed by atoms with van der Waals surface area (Å²) in [6, 6.07) is 5.20. The molecule has 19 heavy (non-hydrogen) atoms. The number of alkyl halides is 2. The molecule has 1 atom stereocenters. The minimum atomic E-state index is -2.82. The Morgan fingerprint density at radius 3 is 2.63 bits per heavy atom. The van der Waals surface area contributed by atoms with Crippen LogP contribution in [0.3, 0.4) is 0 Å². The first-order valence-corrected chi connectivity index (χ1v) is 6.32. The molecule has 1 amide bonds. The van der Waals surface area contributed by atoms with E-state index in [0.29, 0.717) is 13.0 Å². The molecule has 1 heterocycles. The van der Waals surface area contributed by atoms with Gasteiger partial charge in [-0.3, -0.25) is 4.79 Å². The number of ether oxygens (including phenoxy) is 1. The molecular weight excluding hydrogens is 252 g/mol. The van der Waals surface area contributed by atoms with Crippen molar-refractivity contribution in [3.63, 3.8) is 0 Å². The van der Waals surface area contributed by atoms with Crippen LogP contribution in [-0.2, 0) is 4.79 Å². The zero-order valence-corrected chi connectivity index (χ0v) is 11.0. The average Bonchev–Trinajstić information content (AvgIpc) is 2.75. The number of hydrogen-bond donors (Lipinski definition) is 1. The van der Waals surface area contributed by atoms with Gasteiger partial charge in [-0.2, -0.15) is 8.78 Å². The molecule has 1 N–H and O–H groups in total. The zero-order chi connectivity index (χ0) is 14.0. The van der Waals surface area contributed by atoms with Gasteiger partial charge >= 0.3 is 6.61 Å². The zero-order valence-electron chi connectivity index (χ0n) is 11.0. The molecule has 0 aliphatic carbocycles. The van der Waals surface area contributed by atoms with E-state index in [1.807, 2.05) is 19.9 Å². The third-order valence-corrected chi connectivity index (χ3v) is 3.32. The molecule has 1 saturated heterocycles. The van der Waals surface area contributed by atoms with E-state index in [4.69, 9.17) is 0 Å². The van der Waals surface area contributed by atoms with Crippen molar-refractivity contribution >= 4 is 5.91 Å². The smallest absolute Gasteiger partial charge is 0.387 e. The number of benzene rings is 1. The van der Waals surface area contributed by atoms with E-state index >= 15 is 0 Å². The molecule has 1 aliphatic heterocycles. The lowest BCUT2D eigenvalue weighted by Gasteiger charge is -2.17. The van der Waals surface area contributed by atoms with Crippen LogP contribution in [0.2, 0.25) is 0 Å². The number of carbonyl (C=O) groups is 1. The van der Waals surface area contributed by atoms with Crippen molar-refractivity contribution in [2.24, 2.45) is 0 Å². The largest absolute Gasteiger partial charge is 0.435 e. The van der Waals surface area contributed by atoms with E-state index in [-0.39, 0.29) is 23.5 Å². The quantitative estimate of drug-likeness (QED) is 0.912. The Bertz CT molecular complexity index is 475. The topological polar surface area (TPSA) is 38.3 Å². The second-order valence-electron chi connectivity index (χ2n) is 5.04. The lowest BCUT2D eigenvalue weighted by molar-refractivity contribution is -0.119. The van der Waals surface area contributed by atoms with Gasteiger partial charge in [0.05, 0.1) is 0 Å². The molecule has 3 nitrogen and oxygen atoms in total. The molecular formula is C14H17F2NO2. The first kappa shape index (κ1) is 13.8. The van der Waals surface area contributed by atoms with Crippen molar-refractivity contribution in [1.29, 1.82) is 0 Å². The molecule has 0 spiro atoms. The van der Waals surface area contributed by atoms with Crippen molar-refractivity contribution in [3.8, 4) is 5.75 Å². The van der Waals surface area contributed by atoms with Gasteiger partial charge in [0.15, 0.2) is 0 Å². The molecule has 104 valence electrons. The summed E-state index contributed by atoms with van der Waals surface area (Å²) in [7, 11) is 0. The highest BCUT2D eigenvalue weighted by Crippen LogP contribution is 2.32. The Hall–Kier alpha value is -1.65. The Balaban J connectivity index is 2.28. The molecule has 0 bridgehead atoms. The highest BCUT2D eigenvalue weighted by atomic mass is 19.3. The maximum absolute atomic E-state index is 12.3. The molecule has 1 fully saturated rings. The van der Waals surface area contributed by atoms with Gasteiger partial charge in [-0.1, -0.05) is 26.0 Å². The number of amides is 1. The van der Waals surface area contributed by atoms with Crippen LogP contribution in [0.15, 0.2) is 18.2 Å². The Kier molecular flexibility index (Phi) is 4.02. The molecule has 0 aromatic heterocycles. The summed E-state index contributed by atoms with van der Waals surface area (Å²) in [5.41, 5.74) is 1.74. The van der Waals surface area contributed by atoms with Gasteiger partial charge in [0.2, 0.25) is 5.91 Å². The van der Waals surface area contributed by atoms with E-state index in [0.717, 1.165) is 11.1 Å². The summed E-state index contributed by atoms with van der Waals surface area (Å²) in [6.45, 7) is 1.63. The van der Waals surface area contributed by atoms with Crippen molar-refractivity contribution in [3.05, 3.63) is 29.3 Å². The second-order valence-corrected chi connectivity index (χ2v) is 5.04. The third-order valence-electron chi connectivity index (χ3n) is 3.32. The van der Waals surface area contributed by atoms with Crippen molar-refractivity contribution in [2.75, 3.05) is 6.54 Å². The van der Waals surface area contributed by atoms with Gasteiger partial charge in [-0.25, -0.2) is 0 Å².